The lowest BCUT2D eigenvalue weighted by atomic mass is 10.1. The minimum Gasteiger partial charge on any atom is -0.354 e. The second kappa shape index (κ2) is 10.8. The van der Waals surface area contributed by atoms with E-state index in [1.54, 1.807) is 6.20 Å². The average molecular weight is 361 g/mol. The Morgan fingerprint density at radius 1 is 1.15 bits per heavy atom. The van der Waals surface area contributed by atoms with Crippen LogP contribution in [-0.4, -0.2) is 53.9 Å². The molecule has 0 aromatic carbocycles. The quantitative estimate of drug-likeness (QED) is 0.688. The van der Waals surface area contributed by atoms with Crippen LogP contribution in [0.25, 0.3) is 0 Å². The highest BCUT2D eigenvalue weighted by atomic mass is 16.2. The van der Waals surface area contributed by atoms with Crippen molar-refractivity contribution < 1.29 is 9.59 Å². The summed E-state index contributed by atoms with van der Waals surface area (Å²) in [6.07, 6.45) is 6.87. The van der Waals surface area contributed by atoms with Crippen LogP contribution < -0.4 is 10.2 Å². The summed E-state index contributed by atoms with van der Waals surface area (Å²) >= 11 is 0. The van der Waals surface area contributed by atoms with Gasteiger partial charge in [0.1, 0.15) is 5.82 Å². The molecule has 0 radical (unpaired) electrons. The Kier molecular flexibility index (Phi) is 8.38. The molecule has 1 aliphatic heterocycles. The summed E-state index contributed by atoms with van der Waals surface area (Å²) in [5.74, 6) is 1.00. The van der Waals surface area contributed by atoms with E-state index in [1.807, 2.05) is 30.0 Å². The molecule has 0 saturated carbocycles. The Morgan fingerprint density at radius 3 is 2.58 bits per heavy atom. The van der Waals surface area contributed by atoms with E-state index in [4.69, 9.17) is 0 Å². The Balaban J connectivity index is 1.65. The van der Waals surface area contributed by atoms with Gasteiger partial charge in [-0.25, -0.2) is 4.98 Å². The molecule has 2 heterocycles. The summed E-state index contributed by atoms with van der Waals surface area (Å²) in [5.41, 5.74) is 0. The van der Waals surface area contributed by atoms with Crippen molar-refractivity contribution >= 4 is 17.6 Å². The highest BCUT2D eigenvalue weighted by Gasteiger charge is 2.22. The number of anilines is 1. The molecule has 1 atom stereocenters. The van der Waals surface area contributed by atoms with Crippen molar-refractivity contribution in [2.75, 3.05) is 31.1 Å². The van der Waals surface area contributed by atoms with Crippen molar-refractivity contribution in [2.45, 2.75) is 58.4 Å². The van der Waals surface area contributed by atoms with Gasteiger partial charge in [0.25, 0.3) is 0 Å². The first-order valence-electron chi connectivity index (χ1n) is 9.83. The molecule has 1 aromatic rings. The SMILES string of the molecule is CCCCC[C@@H](C)NC(=O)CCC(=O)N1CCN(c2ccccn2)CC1. The van der Waals surface area contributed by atoms with Gasteiger partial charge < -0.3 is 15.1 Å². The number of hydrogen-bond donors (Lipinski definition) is 1. The first-order chi connectivity index (χ1) is 12.6. The van der Waals surface area contributed by atoms with Crippen molar-refractivity contribution in [3.8, 4) is 0 Å². The summed E-state index contributed by atoms with van der Waals surface area (Å²) < 4.78 is 0. The minimum absolute atomic E-state index is 0.0190. The highest BCUT2D eigenvalue weighted by molar-refractivity contribution is 5.84. The zero-order valence-electron chi connectivity index (χ0n) is 16.1. The van der Waals surface area contributed by atoms with Crippen LogP contribution >= 0.6 is 0 Å². The normalized spacial score (nSPS) is 15.6. The number of carbonyl (C=O) groups excluding carboxylic acids is 2. The van der Waals surface area contributed by atoms with Crippen LogP contribution in [-0.2, 0) is 9.59 Å². The summed E-state index contributed by atoms with van der Waals surface area (Å²) in [5, 5.41) is 3.00. The van der Waals surface area contributed by atoms with Gasteiger partial charge in [-0.15, -0.1) is 0 Å². The van der Waals surface area contributed by atoms with E-state index >= 15 is 0 Å². The second-order valence-corrected chi connectivity index (χ2v) is 7.02. The predicted octanol–water partition coefficient (Wildman–Crippen LogP) is 2.60. The standard InChI is InChI=1S/C20H32N4O2/c1-3-4-5-8-17(2)22-19(25)10-11-20(26)24-15-13-23(14-16-24)18-9-6-7-12-21-18/h6-7,9,12,17H,3-5,8,10-11,13-16H2,1-2H3,(H,22,25)/t17-/m1/s1. The smallest absolute Gasteiger partial charge is 0.223 e. The van der Waals surface area contributed by atoms with Gasteiger partial charge in [-0.2, -0.15) is 0 Å². The monoisotopic (exact) mass is 360 g/mol. The fourth-order valence-corrected chi connectivity index (χ4v) is 3.22. The molecule has 6 heteroatoms. The molecule has 2 amide bonds. The van der Waals surface area contributed by atoms with Crippen LogP contribution in [0.15, 0.2) is 24.4 Å². The minimum atomic E-state index is -0.0190. The molecule has 1 N–H and O–H groups in total. The average Bonchev–Trinajstić information content (AvgIpc) is 2.67. The zero-order chi connectivity index (χ0) is 18.8. The largest absolute Gasteiger partial charge is 0.354 e. The zero-order valence-corrected chi connectivity index (χ0v) is 16.1. The van der Waals surface area contributed by atoms with Crippen molar-refractivity contribution in [1.29, 1.82) is 0 Å². The summed E-state index contributed by atoms with van der Waals surface area (Å²) in [6.45, 7) is 7.14. The van der Waals surface area contributed by atoms with Gasteiger partial charge in [0.2, 0.25) is 11.8 Å². The number of unbranched alkanes of at least 4 members (excludes halogenated alkanes) is 2. The first-order valence-corrected chi connectivity index (χ1v) is 9.83. The van der Waals surface area contributed by atoms with Crippen LogP contribution in [0.5, 0.6) is 0 Å². The summed E-state index contributed by atoms with van der Waals surface area (Å²) in [4.78, 5) is 32.8. The third-order valence-electron chi connectivity index (χ3n) is 4.82. The number of amides is 2. The Bertz CT molecular complexity index is 556. The number of pyridine rings is 1. The van der Waals surface area contributed by atoms with Gasteiger partial charge in [-0.1, -0.05) is 32.3 Å². The predicted molar refractivity (Wildman–Crippen MR) is 104 cm³/mol. The van der Waals surface area contributed by atoms with Gasteiger partial charge in [0, 0.05) is 51.3 Å². The lowest BCUT2D eigenvalue weighted by Crippen LogP contribution is -2.49. The van der Waals surface area contributed by atoms with Gasteiger partial charge >= 0.3 is 0 Å². The molecule has 0 unspecified atom stereocenters. The third kappa shape index (κ3) is 6.65. The second-order valence-electron chi connectivity index (χ2n) is 7.02. The fraction of sp³-hybridized carbons (Fsp3) is 0.650. The van der Waals surface area contributed by atoms with Crippen molar-refractivity contribution in [3.63, 3.8) is 0 Å². The summed E-state index contributed by atoms with van der Waals surface area (Å²) in [6, 6.07) is 6.05. The van der Waals surface area contributed by atoms with Crippen molar-refractivity contribution in [2.24, 2.45) is 0 Å². The number of nitrogens with zero attached hydrogens (tertiary/aromatic N) is 3. The van der Waals surface area contributed by atoms with E-state index in [0.717, 1.165) is 31.7 Å². The Morgan fingerprint density at radius 2 is 1.92 bits per heavy atom. The number of hydrogen-bond acceptors (Lipinski definition) is 4. The molecule has 0 spiro atoms. The van der Waals surface area contributed by atoms with E-state index in [-0.39, 0.29) is 30.7 Å². The molecule has 0 aliphatic carbocycles. The molecule has 1 saturated heterocycles. The maximum atomic E-state index is 12.4. The summed E-state index contributed by atoms with van der Waals surface area (Å²) in [7, 11) is 0. The fourth-order valence-electron chi connectivity index (χ4n) is 3.22. The van der Waals surface area contributed by atoms with Crippen molar-refractivity contribution in [3.05, 3.63) is 24.4 Å². The van der Waals surface area contributed by atoms with Crippen LogP contribution in [0.2, 0.25) is 0 Å². The Labute approximate surface area is 157 Å². The lowest BCUT2D eigenvalue weighted by Gasteiger charge is -2.35. The number of nitrogens with one attached hydrogen (secondary N) is 1. The Hall–Kier alpha value is -2.11. The van der Waals surface area contributed by atoms with Crippen LogP contribution in [0, 0.1) is 0 Å². The number of piperazine rings is 1. The molecular weight excluding hydrogens is 328 g/mol. The molecule has 144 valence electrons. The van der Waals surface area contributed by atoms with Crippen LogP contribution in [0.3, 0.4) is 0 Å². The van der Waals surface area contributed by atoms with Crippen LogP contribution in [0.1, 0.15) is 52.4 Å². The van der Waals surface area contributed by atoms with Crippen molar-refractivity contribution in [1.82, 2.24) is 15.2 Å². The van der Waals surface area contributed by atoms with Crippen LogP contribution in [0.4, 0.5) is 5.82 Å². The molecular formula is C20H32N4O2. The van der Waals surface area contributed by atoms with E-state index in [9.17, 15) is 9.59 Å². The third-order valence-corrected chi connectivity index (χ3v) is 4.82. The van der Waals surface area contributed by atoms with E-state index < -0.39 is 0 Å². The van der Waals surface area contributed by atoms with Gasteiger partial charge in [0.15, 0.2) is 0 Å². The van der Waals surface area contributed by atoms with E-state index in [2.05, 4.69) is 22.1 Å². The van der Waals surface area contributed by atoms with Gasteiger partial charge in [-0.3, -0.25) is 9.59 Å². The van der Waals surface area contributed by atoms with Gasteiger partial charge in [-0.05, 0) is 25.5 Å². The topological polar surface area (TPSA) is 65.5 Å². The maximum Gasteiger partial charge on any atom is 0.223 e. The van der Waals surface area contributed by atoms with E-state index in [1.165, 1.54) is 12.8 Å². The van der Waals surface area contributed by atoms with Gasteiger partial charge in [0.05, 0.1) is 0 Å². The molecule has 26 heavy (non-hydrogen) atoms. The number of carbonyl (C=O) groups is 2. The number of rotatable bonds is 9. The maximum absolute atomic E-state index is 12.4. The molecule has 1 aliphatic rings. The first kappa shape index (κ1) is 20.2. The van der Waals surface area contributed by atoms with E-state index in [0.29, 0.717) is 13.1 Å². The molecule has 0 bridgehead atoms. The molecule has 1 fully saturated rings. The molecule has 6 nitrogen and oxygen atoms in total. The number of aromatic nitrogens is 1. The molecule has 2 rings (SSSR count). The highest BCUT2D eigenvalue weighted by Crippen LogP contribution is 2.13. The molecule has 1 aromatic heterocycles. The lowest BCUT2D eigenvalue weighted by molar-refractivity contribution is -0.134.